The molecular formula is C21H23NOS. The molecule has 2 aromatic rings. The molecule has 0 heterocycles. The zero-order valence-electron chi connectivity index (χ0n) is 13.8. The molecule has 24 heavy (non-hydrogen) atoms. The Bertz CT molecular complexity index is 715. The van der Waals surface area contributed by atoms with Crippen LogP contribution in [-0.2, 0) is 5.75 Å². The normalized spacial score (nSPS) is 24.9. The Morgan fingerprint density at radius 3 is 2.54 bits per heavy atom. The molecule has 3 heteroatoms. The highest BCUT2D eigenvalue weighted by molar-refractivity contribution is 7.98. The number of thioether (sulfide) groups is 1. The van der Waals surface area contributed by atoms with Crippen LogP contribution in [0.15, 0.2) is 59.5 Å². The van der Waals surface area contributed by atoms with Crippen molar-refractivity contribution in [2.75, 3.05) is 0 Å². The van der Waals surface area contributed by atoms with E-state index in [-0.39, 0.29) is 5.91 Å². The molecule has 124 valence electrons. The number of carbonyl (C=O) groups excluding carboxylic acids is 1. The number of hydrogen-bond donors (Lipinski definition) is 1. The van der Waals surface area contributed by atoms with Gasteiger partial charge >= 0.3 is 0 Å². The molecule has 2 saturated carbocycles. The number of nitrogens with one attached hydrogen (secondary N) is 1. The summed E-state index contributed by atoms with van der Waals surface area (Å²) in [6, 6.07) is 18.8. The second kappa shape index (κ2) is 7.02. The molecule has 2 fully saturated rings. The molecule has 0 aromatic heterocycles. The first-order valence-corrected chi connectivity index (χ1v) is 9.85. The lowest BCUT2D eigenvalue weighted by Gasteiger charge is -2.23. The van der Waals surface area contributed by atoms with Gasteiger partial charge in [-0.2, -0.15) is 0 Å². The van der Waals surface area contributed by atoms with Gasteiger partial charge in [0.1, 0.15) is 0 Å². The van der Waals surface area contributed by atoms with Crippen molar-refractivity contribution < 1.29 is 4.79 Å². The van der Waals surface area contributed by atoms with Gasteiger partial charge in [0, 0.05) is 16.7 Å². The molecule has 0 aliphatic heterocycles. The van der Waals surface area contributed by atoms with Crippen LogP contribution in [0.4, 0.5) is 0 Å². The SMILES string of the molecule is O=C(N[C@@H]1C[C@H]2CC[C@H]1C2)c1ccccc1SCc1ccccc1. The zero-order valence-corrected chi connectivity index (χ0v) is 14.6. The minimum absolute atomic E-state index is 0.101. The first-order chi connectivity index (χ1) is 11.8. The summed E-state index contributed by atoms with van der Waals surface area (Å²) in [7, 11) is 0. The van der Waals surface area contributed by atoms with E-state index in [1.54, 1.807) is 11.8 Å². The molecular weight excluding hydrogens is 314 g/mol. The molecule has 0 radical (unpaired) electrons. The Hall–Kier alpha value is -1.74. The third-order valence-corrected chi connectivity index (χ3v) is 6.57. The molecule has 2 aliphatic rings. The van der Waals surface area contributed by atoms with E-state index in [0.717, 1.165) is 22.1 Å². The maximum Gasteiger partial charge on any atom is 0.252 e. The van der Waals surface area contributed by atoms with Gasteiger partial charge in [-0.15, -0.1) is 11.8 Å². The van der Waals surface area contributed by atoms with Crippen molar-refractivity contribution in [1.29, 1.82) is 0 Å². The monoisotopic (exact) mass is 337 g/mol. The van der Waals surface area contributed by atoms with Crippen LogP contribution >= 0.6 is 11.8 Å². The Labute approximate surface area is 148 Å². The predicted molar refractivity (Wildman–Crippen MR) is 99.1 cm³/mol. The first kappa shape index (κ1) is 15.8. The summed E-state index contributed by atoms with van der Waals surface area (Å²) < 4.78 is 0. The smallest absolute Gasteiger partial charge is 0.252 e. The van der Waals surface area contributed by atoms with E-state index in [1.807, 2.05) is 24.3 Å². The van der Waals surface area contributed by atoms with Crippen molar-refractivity contribution >= 4 is 17.7 Å². The number of carbonyl (C=O) groups is 1. The summed E-state index contributed by atoms with van der Waals surface area (Å²) in [6.45, 7) is 0. The Morgan fingerprint density at radius 2 is 1.79 bits per heavy atom. The van der Waals surface area contributed by atoms with Gasteiger partial charge in [-0.3, -0.25) is 4.79 Å². The van der Waals surface area contributed by atoms with Crippen molar-refractivity contribution in [1.82, 2.24) is 5.32 Å². The second-order valence-electron chi connectivity index (χ2n) is 7.03. The highest BCUT2D eigenvalue weighted by Crippen LogP contribution is 2.44. The third-order valence-electron chi connectivity index (χ3n) is 5.42. The molecule has 0 saturated heterocycles. The summed E-state index contributed by atoms with van der Waals surface area (Å²) in [5, 5.41) is 3.31. The number of benzene rings is 2. The summed E-state index contributed by atoms with van der Waals surface area (Å²) in [5.74, 6) is 2.55. The van der Waals surface area contributed by atoms with E-state index in [0.29, 0.717) is 12.0 Å². The van der Waals surface area contributed by atoms with E-state index >= 15 is 0 Å². The van der Waals surface area contributed by atoms with Crippen LogP contribution in [0, 0.1) is 11.8 Å². The van der Waals surface area contributed by atoms with Crippen LogP contribution < -0.4 is 5.32 Å². The lowest BCUT2D eigenvalue weighted by molar-refractivity contribution is 0.0920. The van der Waals surface area contributed by atoms with Crippen LogP contribution in [0.3, 0.4) is 0 Å². The largest absolute Gasteiger partial charge is 0.349 e. The lowest BCUT2D eigenvalue weighted by Crippen LogP contribution is -2.38. The van der Waals surface area contributed by atoms with Crippen LogP contribution in [-0.4, -0.2) is 11.9 Å². The average molecular weight is 337 g/mol. The minimum Gasteiger partial charge on any atom is -0.349 e. The molecule has 0 spiro atoms. The Kier molecular flexibility index (Phi) is 4.61. The van der Waals surface area contributed by atoms with Gasteiger partial charge in [0.25, 0.3) is 5.91 Å². The molecule has 2 bridgehead atoms. The van der Waals surface area contributed by atoms with Crippen molar-refractivity contribution in [3.8, 4) is 0 Å². The quantitative estimate of drug-likeness (QED) is 0.787. The molecule has 1 amide bonds. The van der Waals surface area contributed by atoms with Crippen LogP contribution in [0.2, 0.25) is 0 Å². The van der Waals surface area contributed by atoms with Gasteiger partial charge < -0.3 is 5.32 Å². The van der Waals surface area contributed by atoms with Crippen molar-refractivity contribution in [2.45, 2.75) is 42.4 Å². The second-order valence-corrected chi connectivity index (χ2v) is 8.04. The van der Waals surface area contributed by atoms with Crippen molar-refractivity contribution in [2.24, 2.45) is 11.8 Å². The fraction of sp³-hybridized carbons (Fsp3) is 0.381. The molecule has 1 N–H and O–H groups in total. The fourth-order valence-corrected chi connectivity index (χ4v) is 5.19. The van der Waals surface area contributed by atoms with E-state index in [1.165, 1.54) is 31.2 Å². The van der Waals surface area contributed by atoms with E-state index in [9.17, 15) is 4.79 Å². The summed E-state index contributed by atoms with van der Waals surface area (Å²) >= 11 is 1.74. The van der Waals surface area contributed by atoms with Gasteiger partial charge in [-0.05, 0) is 48.8 Å². The standard InChI is InChI=1S/C21H23NOS/c23-21(22-19-13-16-10-11-17(19)12-16)18-8-4-5-9-20(18)24-14-15-6-2-1-3-7-15/h1-9,16-17,19H,10-14H2,(H,22,23)/t16-,17-,19+/m0/s1. The number of amides is 1. The Morgan fingerprint density at radius 1 is 1.00 bits per heavy atom. The van der Waals surface area contributed by atoms with E-state index in [4.69, 9.17) is 0 Å². The fourth-order valence-electron chi connectivity index (χ4n) is 4.18. The highest BCUT2D eigenvalue weighted by Gasteiger charge is 2.40. The maximum atomic E-state index is 12.8. The van der Waals surface area contributed by atoms with Gasteiger partial charge in [-0.1, -0.05) is 48.9 Å². The predicted octanol–water partition coefficient (Wildman–Crippen LogP) is 4.90. The molecule has 0 unspecified atom stereocenters. The lowest BCUT2D eigenvalue weighted by atomic mass is 9.95. The van der Waals surface area contributed by atoms with Crippen LogP contribution in [0.1, 0.15) is 41.6 Å². The zero-order chi connectivity index (χ0) is 16.4. The number of rotatable bonds is 5. The molecule has 2 aliphatic carbocycles. The van der Waals surface area contributed by atoms with Gasteiger partial charge in [0.15, 0.2) is 0 Å². The van der Waals surface area contributed by atoms with Crippen LogP contribution in [0.5, 0.6) is 0 Å². The maximum absolute atomic E-state index is 12.8. The average Bonchev–Trinajstić information content (AvgIpc) is 3.24. The number of fused-ring (bicyclic) bond motifs is 2. The summed E-state index contributed by atoms with van der Waals surface area (Å²) in [6.07, 6.45) is 5.14. The van der Waals surface area contributed by atoms with Gasteiger partial charge in [0.05, 0.1) is 5.56 Å². The van der Waals surface area contributed by atoms with Crippen LogP contribution in [0.25, 0.3) is 0 Å². The topological polar surface area (TPSA) is 29.1 Å². The number of hydrogen-bond acceptors (Lipinski definition) is 2. The molecule has 3 atom stereocenters. The molecule has 4 rings (SSSR count). The first-order valence-electron chi connectivity index (χ1n) is 8.86. The van der Waals surface area contributed by atoms with Crippen molar-refractivity contribution in [3.05, 3.63) is 65.7 Å². The highest BCUT2D eigenvalue weighted by atomic mass is 32.2. The van der Waals surface area contributed by atoms with Crippen molar-refractivity contribution in [3.63, 3.8) is 0 Å². The minimum atomic E-state index is 0.101. The van der Waals surface area contributed by atoms with E-state index < -0.39 is 0 Å². The van der Waals surface area contributed by atoms with E-state index in [2.05, 4.69) is 35.6 Å². The van der Waals surface area contributed by atoms with Gasteiger partial charge in [0.2, 0.25) is 0 Å². The Balaban J connectivity index is 1.44. The third kappa shape index (κ3) is 3.36. The molecule has 2 nitrogen and oxygen atoms in total. The summed E-state index contributed by atoms with van der Waals surface area (Å²) in [5.41, 5.74) is 2.10. The summed E-state index contributed by atoms with van der Waals surface area (Å²) in [4.78, 5) is 13.9. The molecule has 2 aromatic carbocycles. The van der Waals surface area contributed by atoms with Gasteiger partial charge in [-0.25, -0.2) is 0 Å².